The molecule has 0 aliphatic carbocycles. The van der Waals surface area contributed by atoms with Crippen LogP contribution in [0.4, 0.5) is 0 Å². The number of rotatable bonds is 5. The Bertz CT molecular complexity index is 837. The van der Waals surface area contributed by atoms with Gasteiger partial charge in [-0.15, -0.1) is 0 Å². The van der Waals surface area contributed by atoms with Gasteiger partial charge in [0.15, 0.2) is 0 Å². The monoisotopic (exact) mass is 406 g/mol. The number of piperazine rings is 1. The summed E-state index contributed by atoms with van der Waals surface area (Å²) in [6, 6.07) is 10.9. The summed E-state index contributed by atoms with van der Waals surface area (Å²) >= 11 is 0. The van der Waals surface area contributed by atoms with E-state index >= 15 is 0 Å². The third-order valence-corrected chi connectivity index (χ3v) is 6.67. The quantitative estimate of drug-likeness (QED) is 0.764. The van der Waals surface area contributed by atoms with Crippen LogP contribution in [0.15, 0.2) is 42.7 Å². The molecular formula is C25H34N4O. The predicted octanol–water partition coefficient (Wildman–Crippen LogP) is 3.25. The third-order valence-electron chi connectivity index (χ3n) is 6.67. The molecule has 1 amide bonds. The van der Waals surface area contributed by atoms with Crippen LogP contribution in [0.3, 0.4) is 0 Å². The van der Waals surface area contributed by atoms with Gasteiger partial charge in [0.05, 0.1) is 0 Å². The van der Waals surface area contributed by atoms with E-state index in [0.717, 1.165) is 65.2 Å². The van der Waals surface area contributed by atoms with Gasteiger partial charge in [-0.1, -0.05) is 23.8 Å². The van der Waals surface area contributed by atoms with E-state index in [4.69, 9.17) is 0 Å². The smallest absolute Gasteiger partial charge is 0.225 e. The van der Waals surface area contributed by atoms with Gasteiger partial charge in [-0.25, -0.2) is 0 Å². The van der Waals surface area contributed by atoms with Crippen molar-refractivity contribution in [3.8, 4) is 0 Å². The lowest BCUT2D eigenvalue weighted by Gasteiger charge is -2.38. The molecule has 1 aromatic heterocycles. The lowest BCUT2D eigenvalue weighted by atomic mass is 9.94. The summed E-state index contributed by atoms with van der Waals surface area (Å²) in [6.45, 7) is 12.0. The Morgan fingerprint density at radius 1 is 0.900 bits per heavy atom. The number of aryl methyl sites for hydroxylation is 2. The van der Waals surface area contributed by atoms with Crippen LogP contribution >= 0.6 is 0 Å². The van der Waals surface area contributed by atoms with Crippen molar-refractivity contribution < 1.29 is 4.79 Å². The topological polar surface area (TPSA) is 39.7 Å². The second-order valence-corrected chi connectivity index (χ2v) is 8.94. The Morgan fingerprint density at radius 2 is 1.57 bits per heavy atom. The molecule has 2 fully saturated rings. The normalized spacial score (nSPS) is 19.2. The first-order chi connectivity index (χ1) is 14.6. The standard InChI is InChI=1S/C25H34N4O/c1-20-3-4-24(21(2)17-20)19-28-13-15-29(16-14-28)25(30)23-7-11-27(12-8-23)18-22-5-9-26-10-6-22/h3-6,9-10,17,23H,7-8,11-16,18-19H2,1-2H3. The highest BCUT2D eigenvalue weighted by Gasteiger charge is 2.30. The largest absolute Gasteiger partial charge is 0.340 e. The summed E-state index contributed by atoms with van der Waals surface area (Å²) in [4.78, 5) is 24.2. The summed E-state index contributed by atoms with van der Waals surface area (Å²) in [7, 11) is 0. The second-order valence-electron chi connectivity index (χ2n) is 8.94. The molecule has 4 rings (SSSR count). The molecule has 0 spiro atoms. The van der Waals surface area contributed by atoms with Crippen LogP contribution in [0, 0.1) is 19.8 Å². The summed E-state index contributed by atoms with van der Waals surface area (Å²) in [6.07, 6.45) is 5.66. The number of nitrogens with zero attached hydrogens (tertiary/aromatic N) is 4. The van der Waals surface area contributed by atoms with Crippen molar-refractivity contribution in [2.45, 2.75) is 39.8 Å². The Kier molecular flexibility index (Phi) is 6.80. The first-order valence-electron chi connectivity index (χ1n) is 11.3. The van der Waals surface area contributed by atoms with Crippen molar-refractivity contribution in [2.24, 2.45) is 5.92 Å². The van der Waals surface area contributed by atoms with E-state index in [9.17, 15) is 4.79 Å². The maximum absolute atomic E-state index is 13.1. The van der Waals surface area contributed by atoms with Gasteiger partial charge in [0.25, 0.3) is 0 Å². The van der Waals surface area contributed by atoms with Gasteiger partial charge in [-0.2, -0.15) is 0 Å². The molecule has 2 aliphatic rings. The van der Waals surface area contributed by atoms with E-state index in [1.165, 1.54) is 22.3 Å². The van der Waals surface area contributed by atoms with Crippen molar-refractivity contribution in [3.63, 3.8) is 0 Å². The summed E-state index contributed by atoms with van der Waals surface area (Å²) in [5.74, 6) is 0.578. The average molecular weight is 407 g/mol. The molecule has 0 unspecified atom stereocenters. The van der Waals surface area contributed by atoms with Crippen LogP contribution < -0.4 is 0 Å². The molecule has 1 aromatic carbocycles. The molecule has 5 nitrogen and oxygen atoms in total. The fraction of sp³-hybridized carbons (Fsp3) is 0.520. The highest BCUT2D eigenvalue weighted by molar-refractivity contribution is 5.79. The molecule has 0 radical (unpaired) electrons. The van der Waals surface area contributed by atoms with Gasteiger partial charge >= 0.3 is 0 Å². The minimum atomic E-state index is 0.199. The number of hydrogen-bond donors (Lipinski definition) is 0. The van der Waals surface area contributed by atoms with Gasteiger partial charge in [0.2, 0.25) is 5.91 Å². The van der Waals surface area contributed by atoms with Crippen LogP contribution in [-0.2, 0) is 17.9 Å². The van der Waals surface area contributed by atoms with Crippen molar-refractivity contribution in [1.29, 1.82) is 0 Å². The summed E-state index contributed by atoms with van der Waals surface area (Å²) in [5, 5.41) is 0. The molecule has 30 heavy (non-hydrogen) atoms. The number of benzene rings is 1. The van der Waals surface area contributed by atoms with E-state index in [1.54, 1.807) is 0 Å². The minimum absolute atomic E-state index is 0.199. The molecule has 0 atom stereocenters. The molecule has 5 heteroatoms. The van der Waals surface area contributed by atoms with Crippen LogP contribution in [0.1, 0.15) is 35.1 Å². The number of amides is 1. The number of carbonyl (C=O) groups excluding carboxylic acids is 1. The van der Waals surface area contributed by atoms with Crippen LogP contribution in [-0.4, -0.2) is 64.9 Å². The number of aromatic nitrogens is 1. The maximum atomic E-state index is 13.1. The Balaban J connectivity index is 1.22. The fourth-order valence-corrected chi connectivity index (χ4v) is 4.73. The van der Waals surface area contributed by atoms with Crippen molar-refractivity contribution >= 4 is 5.91 Å². The van der Waals surface area contributed by atoms with Crippen molar-refractivity contribution in [1.82, 2.24) is 19.7 Å². The molecule has 0 bridgehead atoms. The Labute approximate surface area is 180 Å². The molecule has 2 saturated heterocycles. The zero-order valence-corrected chi connectivity index (χ0v) is 18.4. The molecule has 0 N–H and O–H groups in total. The number of pyridine rings is 1. The van der Waals surface area contributed by atoms with Crippen LogP contribution in [0.2, 0.25) is 0 Å². The van der Waals surface area contributed by atoms with Crippen LogP contribution in [0.25, 0.3) is 0 Å². The van der Waals surface area contributed by atoms with E-state index < -0.39 is 0 Å². The number of likely N-dealkylation sites (tertiary alicyclic amines) is 1. The fourth-order valence-electron chi connectivity index (χ4n) is 4.73. The molecule has 0 saturated carbocycles. The number of hydrogen-bond acceptors (Lipinski definition) is 4. The molecule has 160 valence electrons. The van der Waals surface area contributed by atoms with Crippen molar-refractivity contribution in [3.05, 3.63) is 65.0 Å². The van der Waals surface area contributed by atoms with Gasteiger partial charge in [0.1, 0.15) is 0 Å². The lowest BCUT2D eigenvalue weighted by Crippen LogP contribution is -2.51. The zero-order chi connectivity index (χ0) is 20.9. The first kappa shape index (κ1) is 21.0. The average Bonchev–Trinajstić information content (AvgIpc) is 2.77. The van der Waals surface area contributed by atoms with E-state index in [2.05, 4.69) is 63.9 Å². The van der Waals surface area contributed by atoms with Gasteiger partial charge < -0.3 is 4.90 Å². The molecule has 2 aliphatic heterocycles. The third kappa shape index (κ3) is 5.27. The molecule has 2 aromatic rings. The Hall–Kier alpha value is -2.24. The SMILES string of the molecule is Cc1ccc(CN2CCN(C(=O)C3CCN(Cc4ccncc4)CC3)CC2)c(C)c1. The maximum Gasteiger partial charge on any atom is 0.225 e. The molecule has 3 heterocycles. The highest BCUT2D eigenvalue weighted by Crippen LogP contribution is 2.22. The summed E-state index contributed by atoms with van der Waals surface area (Å²) < 4.78 is 0. The van der Waals surface area contributed by atoms with E-state index in [1.807, 2.05) is 12.4 Å². The first-order valence-corrected chi connectivity index (χ1v) is 11.3. The van der Waals surface area contributed by atoms with Gasteiger partial charge in [-0.05, 0) is 68.6 Å². The van der Waals surface area contributed by atoms with Crippen molar-refractivity contribution in [2.75, 3.05) is 39.3 Å². The van der Waals surface area contributed by atoms with E-state index in [-0.39, 0.29) is 5.92 Å². The van der Waals surface area contributed by atoms with Gasteiger partial charge in [0, 0.05) is 57.6 Å². The predicted molar refractivity (Wildman–Crippen MR) is 120 cm³/mol. The van der Waals surface area contributed by atoms with E-state index in [0.29, 0.717) is 5.91 Å². The Morgan fingerprint density at radius 3 is 2.23 bits per heavy atom. The summed E-state index contributed by atoms with van der Waals surface area (Å²) in [5.41, 5.74) is 5.39. The highest BCUT2D eigenvalue weighted by atomic mass is 16.2. The number of piperidine rings is 1. The minimum Gasteiger partial charge on any atom is -0.340 e. The zero-order valence-electron chi connectivity index (χ0n) is 18.4. The number of carbonyl (C=O) groups is 1. The molecular weight excluding hydrogens is 372 g/mol. The van der Waals surface area contributed by atoms with Crippen LogP contribution in [0.5, 0.6) is 0 Å². The lowest BCUT2D eigenvalue weighted by molar-refractivity contribution is -0.139. The van der Waals surface area contributed by atoms with Gasteiger partial charge in [-0.3, -0.25) is 19.6 Å². The second kappa shape index (κ2) is 9.71.